The fraction of sp³-hybridized carbons (Fsp3) is 0. The van der Waals surface area contributed by atoms with Gasteiger partial charge in [0.25, 0.3) is 0 Å². The molecular formula is C8H8. The fourth-order valence-corrected chi connectivity index (χ4v) is 0.489. The average molecular weight is 105 g/mol. The highest BCUT2D eigenvalue weighted by molar-refractivity contribution is 5.25. The standard InChI is InChI=1S/C8H8/c1-7-3-5-8(2)6-4-7/h3-6H,1-2H2/i3D. The zero-order valence-corrected chi connectivity index (χ0v) is 4.65. The minimum absolute atomic E-state index is 0.461. The van der Waals surface area contributed by atoms with Crippen LogP contribution in [0.5, 0.6) is 0 Å². The highest BCUT2D eigenvalue weighted by atomic mass is 13.9. The predicted molar refractivity (Wildman–Crippen MR) is 35.4 cm³/mol. The van der Waals surface area contributed by atoms with Crippen LogP contribution in [0.2, 0.25) is 0 Å². The van der Waals surface area contributed by atoms with Gasteiger partial charge in [0.05, 0.1) is 1.37 Å². The Balaban J connectivity index is 3.17. The Morgan fingerprint density at radius 3 is 2.25 bits per heavy atom. The monoisotopic (exact) mass is 105 g/mol. The summed E-state index contributed by atoms with van der Waals surface area (Å²) in [6.45, 7) is 7.32. The largest absolute Gasteiger partial charge is 0.0626 e. The van der Waals surface area contributed by atoms with Gasteiger partial charge in [0.1, 0.15) is 0 Å². The van der Waals surface area contributed by atoms with Gasteiger partial charge >= 0.3 is 0 Å². The van der Waals surface area contributed by atoms with E-state index in [9.17, 15) is 0 Å². The molecule has 1 aromatic carbocycles. The SMILES string of the molecule is [2H]c1cc([CH2])ccc1[CH2]. The van der Waals surface area contributed by atoms with Crippen molar-refractivity contribution in [2.75, 3.05) is 0 Å². The van der Waals surface area contributed by atoms with E-state index in [0.29, 0.717) is 6.04 Å². The zero-order valence-electron chi connectivity index (χ0n) is 5.65. The van der Waals surface area contributed by atoms with E-state index in [2.05, 4.69) is 13.8 Å². The van der Waals surface area contributed by atoms with E-state index in [4.69, 9.17) is 1.37 Å². The van der Waals surface area contributed by atoms with E-state index in [1.54, 1.807) is 12.1 Å². The Morgan fingerprint density at radius 2 is 1.75 bits per heavy atom. The van der Waals surface area contributed by atoms with Gasteiger partial charge in [0.2, 0.25) is 0 Å². The van der Waals surface area contributed by atoms with Crippen molar-refractivity contribution in [1.29, 1.82) is 0 Å². The number of rotatable bonds is 0. The third-order valence-electron chi connectivity index (χ3n) is 0.942. The van der Waals surface area contributed by atoms with E-state index in [1.807, 2.05) is 6.07 Å². The molecule has 0 aliphatic carbocycles. The summed E-state index contributed by atoms with van der Waals surface area (Å²) in [6, 6.07) is 5.80. The quantitative estimate of drug-likeness (QED) is 0.473. The second-order valence-electron chi connectivity index (χ2n) is 1.72. The lowest BCUT2D eigenvalue weighted by atomic mass is 10.2. The first kappa shape index (κ1) is 4.13. The molecule has 0 heteroatoms. The molecule has 40 valence electrons. The maximum absolute atomic E-state index is 7.26. The molecule has 0 bridgehead atoms. The molecule has 0 N–H and O–H groups in total. The second kappa shape index (κ2) is 1.99. The first-order valence-corrected chi connectivity index (χ1v) is 2.45. The van der Waals surface area contributed by atoms with Crippen molar-refractivity contribution < 1.29 is 1.37 Å². The minimum atomic E-state index is 0.461. The van der Waals surface area contributed by atoms with Gasteiger partial charge in [-0.2, -0.15) is 0 Å². The molecule has 0 saturated heterocycles. The molecule has 0 heterocycles. The highest BCUT2D eigenvalue weighted by Crippen LogP contribution is 1.99. The van der Waals surface area contributed by atoms with Crippen molar-refractivity contribution in [3.8, 4) is 0 Å². The van der Waals surface area contributed by atoms with Crippen molar-refractivity contribution in [2.45, 2.75) is 0 Å². The predicted octanol–water partition coefficient (Wildman–Crippen LogP) is 2.05. The molecule has 0 aromatic heterocycles. The van der Waals surface area contributed by atoms with E-state index in [1.165, 1.54) is 0 Å². The summed E-state index contributed by atoms with van der Waals surface area (Å²) < 4.78 is 7.26. The summed E-state index contributed by atoms with van der Waals surface area (Å²) in [6.07, 6.45) is 0. The van der Waals surface area contributed by atoms with Crippen LogP contribution in [0.1, 0.15) is 12.5 Å². The molecule has 8 heavy (non-hydrogen) atoms. The fourth-order valence-electron chi connectivity index (χ4n) is 0.489. The first-order chi connectivity index (χ1) is 4.20. The van der Waals surface area contributed by atoms with Gasteiger partial charge in [0.15, 0.2) is 0 Å². The molecule has 0 amide bonds. The van der Waals surface area contributed by atoms with Crippen LogP contribution in [0.3, 0.4) is 0 Å². The molecular weight excluding hydrogens is 96.1 g/mol. The molecule has 0 unspecified atom stereocenters. The normalized spacial score (nSPS) is 11.0. The summed E-state index contributed by atoms with van der Waals surface area (Å²) in [7, 11) is 0. The van der Waals surface area contributed by atoms with Crippen LogP contribution in [0, 0.1) is 13.8 Å². The van der Waals surface area contributed by atoms with Crippen LogP contribution in [0.4, 0.5) is 0 Å². The summed E-state index contributed by atoms with van der Waals surface area (Å²) in [4.78, 5) is 0. The summed E-state index contributed by atoms with van der Waals surface area (Å²) in [5.74, 6) is 0. The van der Waals surface area contributed by atoms with E-state index in [-0.39, 0.29) is 0 Å². The highest BCUT2D eigenvalue weighted by Gasteiger charge is 1.80. The van der Waals surface area contributed by atoms with Crippen LogP contribution in [-0.4, -0.2) is 0 Å². The molecule has 0 spiro atoms. The first-order valence-electron chi connectivity index (χ1n) is 2.95. The number of hydrogen-bond acceptors (Lipinski definition) is 0. The molecule has 0 aliphatic rings. The van der Waals surface area contributed by atoms with Crippen LogP contribution in [0.15, 0.2) is 24.2 Å². The van der Waals surface area contributed by atoms with Gasteiger partial charge in [-0.3, -0.25) is 0 Å². The Labute approximate surface area is 51.6 Å². The van der Waals surface area contributed by atoms with Crippen molar-refractivity contribution in [1.82, 2.24) is 0 Å². The third-order valence-corrected chi connectivity index (χ3v) is 0.942. The molecule has 2 radical (unpaired) electrons. The Morgan fingerprint density at radius 1 is 1.12 bits per heavy atom. The summed E-state index contributed by atoms with van der Waals surface area (Å²) in [5.41, 5.74) is 1.62. The van der Waals surface area contributed by atoms with Gasteiger partial charge in [-0.15, -0.1) is 0 Å². The second-order valence-corrected chi connectivity index (χ2v) is 1.72. The van der Waals surface area contributed by atoms with Gasteiger partial charge < -0.3 is 0 Å². The van der Waals surface area contributed by atoms with Crippen LogP contribution in [-0.2, 0) is 0 Å². The molecule has 1 rings (SSSR count). The summed E-state index contributed by atoms with van der Waals surface area (Å²) in [5, 5.41) is 0. The number of benzene rings is 1. The van der Waals surface area contributed by atoms with E-state index < -0.39 is 0 Å². The lowest BCUT2D eigenvalue weighted by Gasteiger charge is -1.89. The Bertz CT molecular complexity index is 216. The van der Waals surface area contributed by atoms with E-state index >= 15 is 0 Å². The Hall–Kier alpha value is -0.780. The topological polar surface area (TPSA) is 0 Å². The molecule has 0 aliphatic heterocycles. The van der Waals surface area contributed by atoms with Crippen LogP contribution in [0.25, 0.3) is 0 Å². The van der Waals surface area contributed by atoms with Crippen molar-refractivity contribution in [3.63, 3.8) is 0 Å². The zero-order chi connectivity index (χ0) is 6.85. The smallest absolute Gasteiger partial charge is 0.0588 e. The van der Waals surface area contributed by atoms with Gasteiger partial charge in [-0.1, -0.05) is 24.2 Å². The van der Waals surface area contributed by atoms with Gasteiger partial charge in [-0.25, -0.2) is 0 Å². The molecule has 1 aromatic rings. The maximum Gasteiger partial charge on any atom is 0.0626 e. The van der Waals surface area contributed by atoms with Crippen LogP contribution < -0.4 is 0 Å². The Kier molecular flexibility index (Phi) is 1.03. The van der Waals surface area contributed by atoms with Gasteiger partial charge in [-0.05, 0) is 25.0 Å². The third kappa shape index (κ3) is 1.09. The lowest BCUT2D eigenvalue weighted by Crippen LogP contribution is -1.70. The van der Waals surface area contributed by atoms with Crippen LogP contribution >= 0.6 is 0 Å². The summed E-state index contributed by atoms with van der Waals surface area (Å²) >= 11 is 0. The minimum Gasteiger partial charge on any atom is -0.0588 e. The molecule has 0 fully saturated rings. The van der Waals surface area contributed by atoms with Crippen molar-refractivity contribution in [2.24, 2.45) is 0 Å². The number of hydrogen-bond donors (Lipinski definition) is 0. The van der Waals surface area contributed by atoms with Crippen molar-refractivity contribution >= 4 is 0 Å². The molecule has 0 nitrogen and oxygen atoms in total. The molecule has 0 atom stereocenters. The average Bonchev–Trinajstić information content (AvgIpc) is 1.80. The van der Waals surface area contributed by atoms with E-state index in [0.717, 1.165) is 11.1 Å². The van der Waals surface area contributed by atoms with Crippen molar-refractivity contribution in [3.05, 3.63) is 49.2 Å². The molecule has 0 saturated carbocycles. The van der Waals surface area contributed by atoms with Gasteiger partial charge in [0, 0.05) is 0 Å². The lowest BCUT2D eigenvalue weighted by molar-refractivity contribution is 1.56. The maximum atomic E-state index is 7.26.